The summed E-state index contributed by atoms with van der Waals surface area (Å²) in [6.45, 7) is 0.602. The molecular weight excluding hydrogens is 314 g/mol. The van der Waals surface area contributed by atoms with Crippen LogP contribution in [0.2, 0.25) is 5.02 Å². The summed E-state index contributed by atoms with van der Waals surface area (Å²) >= 11 is 5.84. The largest absolute Gasteiger partial charge is 0.491 e. The topological polar surface area (TPSA) is 58.6 Å². The van der Waals surface area contributed by atoms with E-state index in [1.54, 1.807) is 0 Å². The van der Waals surface area contributed by atoms with Crippen molar-refractivity contribution < 1.29 is 14.6 Å². The fraction of sp³-hybridized carbons (Fsp3) is 0.278. The van der Waals surface area contributed by atoms with Gasteiger partial charge in [0.05, 0.1) is 6.61 Å². The van der Waals surface area contributed by atoms with Crippen molar-refractivity contribution >= 4 is 17.5 Å². The Morgan fingerprint density at radius 3 is 2.61 bits per heavy atom. The Labute approximate surface area is 141 Å². The number of carbonyl (C=O) groups is 1. The molecular formula is C18H20ClNO3. The molecule has 0 aliphatic heterocycles. The number of aliphatic hydroxyl groups excluding tert-OH is 1. The summed E-state index contributed by atoms with van der Waals surface area (Å²) in [5, 5.41) is 12.4. The van der Waals surface area contributed by atoms with Crippen molar-refractivity contribution in [2.75, 3.05) is 13.2 Å². The molecule has 0 aliphatic rings. The van der Waals surface area contributed by atoms with E-state index in [4.69, 9.17) is 21.4 Å². The number of halogens is 1. The van der Waals surface area contributed by atoms with Gasteiger partial charge in [-0.2, -0.15) is 0 Å². The van der Waals surface area contributed by atoms with Gasteiger partial charge in [0, 0.05) is 23.6 Å². The van der Waals surface area contributed by atoms with Gasteiger partial charge in [0.15, 0.2) is 0 Å². The van der Waals surface area contributed by atoms with Crippen LogP contribution in [0.15, 0.2) is 48.5 Å². The predicted octanol–water partition coefficient (Wildman–Crippen LogP) is 2.96. The molecule has 0 radical (unpaired) electrons. The second-order valence-electron chi connectivity index (χ2n) is 5.08. The highest BCUT2D eigenvalue weighted by molar-refractivity contribution is 6.30. The highest BCUT2D eigenvalue weighted by Crippen LogP contribution is 2.17. The molecule has 0 saturated heterocycles. The van der Waals surface area contributed by atoms with Crippen molar-refractivity contribution in [2.45, 2.75) is 19.4 Å². The van der Waals surface area contributed by atoms with Crippen LogP contribution in [-0.2, 0) is 17.8 Å². The van der Waals surface area contributed by atoms with E-state index in [0.717, 1.165) is 11.1 Å². The molecule has 122 valence electrons. The maximum absolute atomic E-state index is 12.0. The molecule has 0 atom stereocenters. The van der Waals surface area contributed by atoms with Crippen molar-refractivity contribution in [3.05, 3.63) is 64.7 Å². The van der Waals surface area contributed by atoms with Crippen LogP contribution in [0.3, 0.4) is 0 Å². The number of para-hydroxylation sites is 1. The van der Waals surface area contributed by atoms with Crippen LogP contribution >= 0.6 is 11.6 Å². The van der Waals surface area contributed by atoms with Gasteiger partial charge in [-0.3, -0.25) is 4.79 Å². The van der Waals surface area contributed by atoms with E-state index in [1.807, 2.05) is 48.5 Å². The normalized spacial score (nSPS) is 10.3. The minimum atomic E-state index is -0.0399. The lowest BCUT2D eigenvalue weighted by molar-refractivity contribution is -0.121. The Morgan fingerprint density at radius 2 is 1.87 bits per heavy atom. The van der Waals surface area contributed by atoms with Gasteiger partial charge >= 0.3 is 0 Å². The number of nitrogens with one attached hydrogen (secondary N) is 1. The van der Waals surface area contributed by atoms with Crippen molar-refractivity contribution in [3.8, 4) is 5.75 Å². The highest BCUT2D eigenvalue weighted by Gasteiger charge is 2.06. The Kier molecular flexibility index (Phi) is 6.91. The Balaban J connectivity index is 1.81. The summed E-state index contributed by atoms with van der Waals surface area (Å²) in [5.41, 5.74) is 1.97. The summed E-state index contributed by atoms with van der Waals surface area (Å²) in [6.07, 6.45) is 1.09. The molecule has 5 heteroatoms. The molecule has 0 spiro atoms. The molecule has 23 heavy (non-hydrogen) atoms. The Hall–Kier alpha value is -2.04. The number of aliphatic hydroxyl groups is 1. The predicted molar refractivity (Wildman–Crippen MR) is 90.6 cm³/mol. The minimum absolute atomic E-state index is 0.0167. The maximum Gasteiger partial charge on any atom is 0.220 e. The van der Waals surface area contributed by atoms with Gasteiger partial charge in [-0.05, 0) is 30.2 Å². The first-order valence-corrected chi connectivity index (χ1v) is 7.89. The number of benzene rings is 2. The molecule has 2 aromatic rings. The minimum Gasteiger partial charge on any atom is -0.491 e. The van der Waals surface area contributed by atoms with E-state index < -0.39 is 0 Å². The van der Waals surface area contributed by atoms with Crippen molar-refractivity contribution in [2.24, 2.45) is 0 Å². The lowest BCUT2D eigenvalue weighted by Crippen LogP contribution is -2.23. The number of hydrogen-bond acceptors (Lipinski definition) is 3. The number of ether oxygens (including phenoxy) is 1. The second kappa shape index (κ2) is 9.18. The van der Waals surface area contributed by atoms with Gasteiger partial charge in [0.2, 0.25) is 5.91 Å². The highest BCUT2D eigenvalue weighted by atomic mass is 35.5. The van der Waals surface area contributed by atoms with Crippen LogP contribution in [0.25, 0.3) is 0 Å². The molecule has 2 rings (SSSR count). The number of rotatable bonds is 8. The smallest absolute Gasteiger partial charge is 0.220 e. The van der Waals surface area contributed by atoms with Crippen LogP contribution in [0.5, 0.6) is 5.75 Å². The van der Waals surface area contributed by atoms with Gasteiger partial charge in [-0.1, -0.05) is 41.9 Å². The van der Waals surface area contributed by atoms with E-state index in [2.05, 4.69) is 5.32 Å². The first kappa shape index (κ1) is 17.3. The molecule has 0 aromatic heterocycles. The summed E-state index contributed by atoms with van der Waals surface area (Å²) in [4.78, 5) is 12.0. The van der Waals surface area contributed by atoms with E-state index in [0.29, 0.717) is 30.2 Å². The third-order valence-corrected chi connectivity index (χ3v) is 3.60. The number of carbonyl (C=O) groups excluding carboxylic acids is 1. The molecule has 0 unspecified atom stereocenters. The van der Waals surface area contributed by atoms with Crippen LogP contribution in [0, 0.1) is 0 Å². The maximum atomic E-state index is 12.0. The number of aryl methyl sites for hydroxylation is 1. The van der Waals surface area contributed by atoms with Gasteiger partial charge in [-0.25, -0.2) is 0 Å². The lowest BCUT2D eigenvalue weighted by Gasteiger charge is -2.11. The lowest BCUT2D eigenvalue weighted by atomic mass is 10.1. The first-order valence-electron chi connectivity index (χ1n) is 7.52. The third kappa shape index (κ3) is 5.93. The van der Waals surface area contributed by atoms with Crippen LogP contribution in [-0.4, -0.2) is 24.2 Å². The fourth-order valence-electron chi connectivity index (χ4n) is 2.14. The average Bonchev–Trinajstić information content (AvgIpc) is 2.58. The van der Waals surface area contributed by atoms with E-state index in [-0.39, 0.29) is 19.1 Å². The molecule has 0 bridgehead atoms. The Morgan fingerprint density at radius 1 is 1.13 bits per heavy atom. The quantitative estimate of drug-likeness (QED) is 0.781. The first-order chi connectivity index (χ1) is 11.2. The molecule has 2 aromatic carbocycles. The monoisotopic (exact) mass is 333 g/mol. The zero-order valence-corrected chi connectivity index (χ0v) is 13.6. The molecule has 0 heterocycles. The summed E-state index contributed by atoms with van der Waals surface area (Å²) in [7, 11) is 0. The van der Waals surface area contributed by atoms with Gasteiger partial charge < -0.3 is 15.2 Å². The zero-order valence-electron chi connectivity index (χ0n) is 12.8. The molecule has 1 amide bonds. The van der Waals surface area contributed by atoms with Crippen molar-refractivity contribution in [1.29, 1.82) is 0 Å². The van der Waals surface area contributed by atoms with E-state index in [1.165, 1.54) is 0 Å². The van der Waals surface area contributed by atoms with Crippen molar-refractivity contribution in [3.63, 3.8) is 0 Å². The number of amides is 1. The average molecular weight is 334 g/mol. The second-order valence-corrected chi connectivity index (χ2v) is 5.52. The van der Waals surface area contributed by atoms with Crippen LogP contribution in [0.4, 0.5) is 0 Å². The van der Waals surface area contributed by atoms with Gasteiger partial charge in [-0.15, -0.1) is 0 Å². The van der Waals surface area contributed by atoms with E-state index >= 15 is 0 Å². The van der Waals surface area contributed by atoms with Crippen LogP contribution < -0.4 is 10.1 Å². The molecule has 2 N–H and O–H groups in total. The summed E-state index contributed by atoms with van der Waals surface area (Å²) < 4.78 is 5.45. The van der Waals surface area contributed by atoms with Gasteiger partial charge in [0.1, 0.15) is 12.4 Å². The van der Waals surface area contributed by atoms with Crippen molar-refractivity contribution in [1.82, 2.24) is 5.32 Å². The summed E-state index contributed by atoms with van der Waals surface area (Å²) in [6, 6.07) is 15.0. The fourth-order valence-corrected chi connectivity index (χ4v) is 2.26. The van der Waals surface area contributed by atoms with Crippen LogP contribution in [0.1, 0.15) is 17.5 Å². The molecule has 4 nitrogen and oxygen atoms in total. The molecule has 0 saturated carbocycles. The molecule has 0 fully saturated rings. The molecule has 0 aliphatic carbocycles. The SMILES string of the molecule is O=C(CCc1ccc(Cl)cc1)NCc1ccccc1OCCO. The third-order valence-electron chi connectivity index (χ3n) is 3.35. The zero-order chi connectivity index (χ0) is 16.5. The van der Waals surface area contributed by atoms with E-state index in [9.17, 15) is 4.79 Å². The standard InChI is InChI=1S/C18H20ClNO3/c19-16-8-5-14(6-9-16)7-10-18(22)20-13-15-3-1-2-4-17(15)23-12-11-21/h1-6,8-9,21H,7,10-13H2,(H,20,22). The van der Waals surface area contributed by atoms with Gasteiger partial charge in [0.25, 0.3) is 0 Å². The Bertz CT molecular complexity index is 628. The number of hydrogen-bond donors (Lipinski definition) is 2. The summed E-state index contributed by atoms with van der Waals surface area (Å²) in [5.74, 6) is 0.663.